The molecule has 0 spiro atoms. The molecule has 0 aromatic heterocycles. The quantitative estimate of drug-likeness (QED) is 0.922. The average molecular weight is 291 g/mol. The standard InChI is InChI=1S/C17H19F2NO/c1-10-7-11(2)16(15(8-10)21-4)17(20-3)13-6-5-12(18)9-14(13)19/h5-9,17,20H,1-4H3. The van der Waals surface area contributed by atoms with Crippen LogP contribution in [0.4, 0.5) is 8.78 Å². The van der Waals surface area contributed by atoms with Crippen LogP contribution in [0.25, 0.3) is 0 Å². The van der Waals surface area contributed by atoms with Crippen LogP contribution < -0.4 is 10.1 Å². The molecular weight excluding hydrogens is 272 g/mol. The zero-order chi connectivity index (χ0) is 15.6. The van der Waals surface area contributed by atoms with Gasteiger partial charge in [0.05, 0.1) is 13.2 Å². The molecule has 2 rings (SSSR count). The molecule has 0 aliphatic rings. The second kappa shape index (κ2) is 6.22. The fourth-order valence-corrected chi connectivity index (χ4v) is 2.67. The normalized spacial score (nSPS) is 12.3. The third-order valence-electron chi connectivity index (χ3n) is 3.56. The molecule has 0 heterocycles. The molecule has 0 saturated carbocycles. The van der Waals surface area contributed by atoms with Crippen LogP contribution in [0, 0.1) is 25.5 Å². The molecular formula is C17H19F2NO. The average Bonchev–Trinajstić information content (AvgIpc) is 2.42. The number of hydrogen-bond donors (Lipinski definition) is 1. The van der Waals surface area contributed by atoms with E-state index in [-0.39, 0.29) is 0 Å². The molecule has 112 valence electrons. The minimum atomic E-state index is -0.585. The van der Waals surface area contributed by atoms with E-state index in [1.54, 1.807) is 14.2 Å². The van der Waals surface area contributed by atoms with Crippen molar-refractivity contribution >= 4 is 0 Å². The first-order valence-corrected chi connectivity index (χ1v) is 6.75. The molecule has 1 N–H and O–H groups in total. The second-order valence-corrected chi connectivity index (χ2v) is 5.09. The lowest BCUT2D eigenvalue weighted by Crippen LogP contribution is -2.21. The van der Waals surface area contributed by atoms with Gasteiger partial charge in [-0.25, -0.2) is 8.78 Å². The van der Waals surface area contributed by atoms with Gasteiger partial charge in [-0.05, 0) is 44.2 Å². The highest BCUT2D eigenvalue weighted by molar-refractivity contribution is 5.48. The number of rotatable bonds is 4. The SMILES string of the molecule is CNC(c1ccc(F)cc1F)c1c(C)cc(C)cc1OC. The molecule has 0 amide bonds. The summed E-state index contributed by atoms with van der Waals surface area (Å²) in [5.74, 6) is -0.467. The molecule has 2 nitrogen and oxygen atoms in total. The van der Waals surface area contributed by atoms with Gasteiger partial charge >= 0.3 is 0 Å². The zero-order valence-electron chi connectivity index (χ0n) is 12.6. The third-order valence-corrected chi connectivity index (χ3v) is 3.56. The van der Waals surface area contributed by atoms with Crippen molar-refractivity contribution in [1.29, 1.82) is 0 Å². The van der Waals surface area contributed by atoms with Crippen LogP contribution in [0.1, 0.15) is 28.3 Å². The number of benzene rings is 2. The summed E-state index contributed by atoms with van der Waals surface area (Å²) in [5.41, 5.74) is 3.32. The van der Waals surface area contributed by atoms with Crippen molar-refractivity contribution in [2.24, 2.45) is 0 Å². The Morgan fingerprint density at radius 3 is 2.38 bits per heavy atom. The van der Waals surface area contributed by atoms with Gasteiger partial charge in [0.15, 0.2) is 0 Å². The van der Waals surface area contributed by atoms with Gasteiger partial charge in [0.1, 0.15) is 17.4 Å². The van der Waals surface area contributed by atoms with E-state index in [0.29, 0.717) is 11.3 Å². The Bertz CT molecular complexity index is 655. The molecule has 0 aliphatic carbocycles. The van der Waals surface area contributed by atoms with Crippen molar-refractivity contribution < 1.29 is 13.5 Å². The number of methoxy groups -OCH3 is 1. The second-order valence-electron chi connectivity index (χ2n) is 5.09. The third kappa shape index (κ3) is 3.05. The number of hydrogen-bond acceptors (Lipinski definition) is 2. The van der Waals surface area contributed by atoms with Crippen LogP contribution in [0.15, 0.2) is 30.3 Å². The van der Waals surface area contributed by atoms with Gasteiger partial charge in [-0.1, -0.05) is 12.1 Å². The van der Waals surface area contributed by atoms with E-state index in [9.17, 15) is 8.78 Å². The fourth-order valence-electron chi connectivity index (χ4n) is 2.67. The lowest BCUT2D eigenvalue weighted by atomic mass is 9.92. The van der Waals surface area contributed by atoms with Crippen molar-refractivity contribution in [2.45, 2.75) is 19.9 Å². The maximum Gasteiger partial charge on any atom is 0.131 e. The Hall–Kier alpha value is -1.94. The van der Waals surface area contributed by atoms with Crippen molar-refractivity contribution in [1.82, 2.24) is 5.32 Å². The summed E-state index contributed by atoms with van der Waals surface area (Å²) in [7, 11) is 3.33. The monoisotopic (exact) mass is 291 g/mol. The highest BCUT2D eigenvalue weighted by Crippen LogP contribution is 2.34. The maximum atomic E-state index is 14.1. The molecule has 0 radical (unpaired) electrons. The summed E-state index contributed by atoms with van der Waals surface area (Å²) in [4.78, 5) is 0. The van der Waals surface area contributed by atoms with E-state index in [0.717, 1.165) is 22.8 Å². The van der Waals surface area contributed by atoms with Gasteiger partial charge in [0, 0.05) is 17.2 Å². The number of ether oxygens (including phenoxy) is 1. The van der Waals surface area contributed by atoms with E-state index in [1.807, 2.05) is 26.0 Å². The van der Waals surface area contributed by atoms with Gasteiger partial charge in [-0.3, -0.25) is 0 Å². The summed E-state index contributed by atoms with van der Waals surface area (Å²) in [6.45, 7) is 3.93. The lowest BCUT2D eigenvalue weighted by Gasteiger charge is -2.23. The van der Waals surface area contributed by atoms with Gasteiger partial charge in [0.2, 0.25) is 0 Å². The summed E-state index contributed by atoms with van der Waals surface area (Å²) in [6.07, 6.45) is 0. The predicted octanol–water partition coefficient (Wildman–Crippen LogP) is 3.90. The van der Waals surface area contributed by atoms with Crippen LogP contribution in [-0.2, 0) is 0 Å². The lowest BCUT2D eigenvalue weighted by molar-refractivity contribution is 0.403. The van der Waals surface area contributed by atoms with Crippen LogP contribution in [-0.4, -0.2) is 14.2 Å². The van der Waals surface area contributed by atoms with Gasteiger partial charge < -0.3 is 10.1 Å². The Morgan fingerprint density at radius 1 is 1.10 bits per heavy atom. The van der Waals surface area contributed by atoms with Gasteiger partial charge in [-0.15, -0.1) is 0 Å². The molecule has 21 heavy (non-hydrogen) atoms. The number of halogens is 2. The number of nitrogens with one attached hydrogen (secondary N) is 1. The van der Waals surface area contributed by atoms with Crippen molar-refractivity contribution in [3.05, 3.63) is 64.2 Å². The number of aryl methyl sites for hydroxylation is 2. The Morgan fingerprint density at radius 2 is 1.81 bits per heavy atom. The van der Waals surface area contributed by atoms with Crippen LogP contribution >= 0.6 is 0 Å². The predicted molar refractivity (Wildman–Crippen MR) is 79.7 cm³/mol. The first-order chi connectivity index (χ1) is 9.97. The topological polar surface area (TPSA) is 21.3 Å². The summed E-state index contributed by atoms with van der Waals surface area (Å²) in [5, 5.41) is 3.09. The Balaban J connectivity index is 2.61. The maximum absolute atomic E-state index is 14.1. The fraction of sp³-hybridized carbons (Fsp3) is 0.294. The van der Waals surface area contributed by atoms with Crippen LogP contribution in [0.3, 0.4) is 0 Å². The molecule has 1 unspecified atom stereocenters. The van der Waals surface area contributed by atoms with Crippen molar-refractivity contribution in [3.8, 4) is 5.75 Å². The van der Waals surface area contributed by atoms with Crippen LogP contribution in [0.2, 0.25) is 0 Å². The molecule has 2 aromatic carbocycles. The highest BCUT2D eigenvalue weighted by atomic mass is 19.1. The van der Waals surface area contributed by atoms with Crippen LogP contribution in [0.5, 0.6) is 5.75 Å². The van der Waals surface area contributed by atoms with E-state index >= 15 is 0 Å². The molecule has 0 aliphatic heterocycles. The molecule has 1 atom stereocenters. The summed E-state index contributed by atoms with van der Waals surface area (Å²) >= 11 is 0. The Labute approximate surface area is 123 Å². The minimum Gasteiger partial charge on any atom is -0.496 e. The first kappa shape index (κ1) is 15.4. The summed E-state index contributed by atoms with van der Waals surface area (Å²) in [6, 6.07) is 7.15. The molecule has 0 saturated heterocycles. The largest absolute Gasteiger partial charge is 0.496 e. The molecule has 2 aromatic rings. The van der Waals surface area contributed by atoms with E-state index < -0.39 is 17.7 Å². The molecule has 0 fully saturated rings. The minimum absolute atomic E-state index is 0.393. The highest BCUT2D eigenvalue weighted by Gasteiger charge is 2.22. The van der Waals surface area contributed by atoms with E-state index in [1.165, 1.54) is 12.1 Å². The zero-order valence-corrected chi connectivity index (χ0v) is 12.6. The smallest absolute Gasteiger partial charge is 0.131 e. The van der Waals surface area contributed by atoms with E-state index in [2.05, 4.69) is 5.32 Å². The van der Waals surface area contributed by atoms with E-state index in [4.69, 9.17) is 4.74 Å². The summed E-state index contributed by atoms with van der Waals surface area (Å²) < 4.78 is 32.6. The molecule has 4 heteroatoms. The van der Waals surface area contributed by atoms with Crippen molar-refractivity contribution in [2.75, 3.05) is 14.2 Å². The molecule has 0 bridgehead atoms. The van der Waals surface area contributed by atoms with Crippen molar-refractivity contribution in [3.63, 3.8) is 0 Å². The first-order valence-electron chi connectivity index (χ1n) is 6.75. The van der Waals surface area contributed by atoms with Gasteiger partial charge in [-0.2, -0.15) is 0 Å². The van der Waals surface area contributed by atoms with Gasteiger partial charge in [0.25, 0.3) is 0 Å². The Kier molecular flexibility index (Phi) is 4.58.